The third-order valence-electron chi connectivity index (χ3n) is 43.5. The van der Waals surface area contributed by atoms with Gasteiger partial charge >= 0.3 is 47.8 Å². The highest BCUT2D eigenvalue weighted by Gasteiger charge is 2.72. The monoisotopic (exact) mass is 1910 g/mol. The minimum atomic E-state index is -0.416. The van der Waals surface area contributed by atoms with Gasteiger partial charge in [-0.25, -0.2) is 0 Å². The lowest BCUT2D eigenvalue weighted by molar-refractivity contribution is -0.174. The van der Waals surface area contributed by atoms with Crippen LogP contribution in [0.25, 0.3) is 0 Å². The Balaban J connectivity index is 0.000000150. The number of ether oxygens (including phenoxy) is 12. The van der Waals surface area contributed by atoms with Gasteiger partial charge in [-0.15, -0.1) is 0 Å². The lowest BCUT2D eigenvalue weighted by Crippen LogP contribution is -2.43. The summed E-state index contributed by atoms with van der Waals surface area (Å²) in [6.45, 7) is 22.0. The van der Waals surface area contributed by atoms with E-state index in [9.17, 15) is 38.4 Å². The van der Waals surface area contributed by atoms with Crippen LogP contribution in [0.3, 0.4) is 0 Å². The first-order valence-corrected chi connectivity index (χ1v) is 53.7. The molecule has 24 aliphatic rings. The minimum absolute atomic E-state index is 0. The number of carbonyl (C=O) groups excluding carboxylic acids is 8. The predicted molar refractivity (Wildman–Crippen MR) is 526 cm³/mol. The average Bonchev–Trinajstić information content (AvgIpc) is 1.55. The Hall–Kier alpha value is -4.40. The lowest BCUT2D eigenvalue weighted by atomic mass is 9.66. The first-order chi connectivity index (χ1) is 61.8. The zero-order chi connectivity index (χ0) is 88.4. The maximum Gasteiger partial charge on any atom is 0.311 e. The third-order valence-corrected chi connectivity index (χ3v) is 43.5. The fraction of sp³-hybridized carbons (Fsp3) is 0.931. The summed E-state index contributed by atoms with van der Waals surface area (Å²) >= 11 is 0. The molecule has 0 aromatic heterocycles. The molecule has 776 valence electrons. The van der Waals surface area contributed by atoms with Crippen LogP contribution >= 0.6 is 0 Å². The zero-order valence-corrected chi connectivity index (χ0v) is 79.4. The summed E-state index contributed by atoms with van der Waals surface area (Å²) in [6, 6.07) is 0. The van der Waals surface area contributed by atoms with Gasteiger partial charge in [0.15, 0.2) is 27.2 Å². The SMILES string of the molecule is C.C.C.C.C.C.C.C.CCC(C)(C)C(=O)OC1CC2CC1C1C3CC(CC3C(=O)OCOC3CC4CCC3C4)C21.CCC(C)(C)C(=O)OC1CC2CC1C1C3CC(CC3C(=O)OCOCC3CC4CCC3C4)C21.CCC(C)C(=O)OC1CC2CC1C1C3CC(CC3C(=O)OCOC3CC4CCC3C4)C21.CCC(C)C(=O)OC1CC2CC1C1C3CC(CC3C(=O)OCOCC3CC4CCC3C4)C21. The highest BCUT2D eigenvalue weighted by molar-refractivity contribution is 5.78. The van der Waals surface area contributed by atoms with E-state index in [-0.39, 0.29) is 194 Å². The molecule has 0 amide bonds. The highest BCUT2D eigenvalue weighted by atomic mass is 16.7. The molecule has 0 heterocycles. The number of fused-ring (bicyclic) bond motifs is 44. The topological polar surface area (TPSA) is 247 Å². The van der Waals surface area contributed by atoms with Crippen molar-refractivity contribution in [2.45, 2.75) is 396 Å². The van der Waals surface area contributed by atoms with Crippen LogP contribution in [0.15, 0.2) is 0 Å². The highest BCUT2D eigenvalue weighted by Crippen LogP contribution is 2.74. The van der Waals surface area contributed by atoms with Crippen LogP contribution < -0.4 is 0 Å². The normalized spacial score (nSPS) is 45.2. The Morgan fingerprint density at radius 1 is 0.265 bits per heavy atom. The second kappa shape index (κ2) is 43.9. The predicted octanol–water partition coefficient (Wildman–Crippen LogP) is 24.7. The quantitative estimate of drug-likeness (QED) is 0.0213. The van der Waals surface area contributed by atoms with Crippen LogP contribution in [0.5, 0.6) is 0 Å². The van der Waals surface area contributed by atoms with Crippen molar-refractivity contribution >= 4 is 47.8 Å². The summed E-state index contributed by atoms with van der Waals surface area (Å²) in [5, 5.41) is 0. The molecule has 0 aliphatic heterocycles. The van der Waals surface area contributed by atoms with E-state index in [1.807, 2.05) is 69.2 Å². The molecule has 0 saturated heterocycles. The van der Waals surface area contributed by atoms with Crippen LogP contribution in [-0.2, 0) is 95.2 Å². The third kappa shape index (κ3) is 20.0. The van der Waals surface area contributed by atoms with Crippen molar-refractivity contribution in [3.8, 4) is 0 Å². The second-order valence-corrected chi connectivity index (χ2v) is 49.8. The number of esters is 8. The number of carbonyl (C=O) groups is 8. The Labute approximate surface area is 822 Å². The summed E-state index contributed by atoms with van der Waals surface area (Å²) in [7, 11) is 0. The Morgan fingerprint density at radius 3 is 0.772 bits per heavy atom. The minimum Gasteiger partial charge on any atom is -0.462 e. The Morgan fingerprint density at radius 2 is 0.522 bits per heavy atom. The van der Waals surface area contributed by atoms with Crippen LogP contribution in [0, 0.1) is 248 Å². The summed E-state index contributed by atoms with van der Waals surface area (Å²) < 4.78 is 70.4. The van der Waals surface area contributed by atoms with Crippen molar-refractivity contribution in [2.75, 3.05) is 40.4 Å². The maximum absolute atomic E-state index is 13.0. The van der Waals surface area contributed by atoms with Crippen molar-refractivity contribution < 1.29 is 95.2 Å². The van der Waals surface area contributed by atoms with Gasteiger partial charge in [0.1, 0.15) is 24.4 Å². The van der Waals surface area contributed by atoms with Crippen molar-refractivity contribution in [1.82, 2.24) is 0 Å². The van der Waals surface area contributed by atoms with Gasteiger partial charge in [-0.3, -0.25) is 38.4 Å². The fourth-order valence-electron chi connectivity index (χ4n) is 36.9. The van der Waals surface area contributed by atoms with Gasteiger partial charge < -0.3 is 56.8 Å². The van der Waals surface area contributed by atoms with E-state index >= 15 is 0 Å². The van der Waals surface area contributed by atoms with E-state index < -0.39 is 10.8 Å². The molecule has 20 heteroatoms. The molecule has 24 aliphatic carbocycles. The van der Waals surface area contributed by atoms with Crippen LogP contribution in [0.2, 0.25) is 0 Å². The molecule has 0 radical (unpaired) electrons. The Kier molecular flexibility index (Phi) is 35.1. The molecular formula is C116H192O20. The lowest BCUT2D eigenvalue weighted by Gasteiger charge is -2.41. The molecule has 136 heavy (non-hydrogen) atoms. The van der Waals surface area contributed by atoms with Crippen molar-refractivity contribution in [2.24, 2.45) is 248 Å². The smallest absolute Gasteiger partial charge is 0.311 e. The van der Waals surface area contributed by atoms with Gasteiger partial charge in [0, 0.05) is 0 Å². The summed E-state index contributed by atoms with van der Waals surface area (Å²) in [5.74, 6) is 21.7. The molecule has 24 saturated carbocycles. The Bertz CT molecular complexity index is 4060. The zero-order valence-electron chi connectivity index (χ0n) is 79.4. The number of hydrogen-bond acceptors (Lipinski definition) is 20. The van der Waals surface area contributed by atoms with E-state index in [1.165, 1.54) is 128 Å². The average molecular weight is 1910 g/mol. The largest absolute Gasteiger partial charge is 0.462 e. The van der Waals surface area contributed by atoms with E-state index in [4.69, 9.17) is 56.8 Å². The van der Waals surface area contributed by atoms with Gasteiger partial charge in [0.2, 0.25) is 0 Å². The van der Waals surface area contributed by atoms with Crippen LogP contribution in [-0.4, -0.2) is 125 Å². The molecule has 0 aromatic carbocycles. The standard InChI is InChI=1S/C28H42O5.2C27H40O5.C26H38O5.8CH4/c1-4-28(2,3)27(30)33-23-12-18-11-22(23)25-20-9-17(24(18)25)10-21(20)26(29)32-14-31-13-19-8-15-5-6-16(19)7-15;1-4-27(2,3)26(29)32-22-12-17-11-20(22)24-18-9-16(23(17)24)10-19(18)25(28)31-13-30-21-8-14-5-6-15(21)7-14;1-3-14(2)26(28)32-23-11-18-10-22(23)25-20-8-17(24(18)25)9-21(20)27(29)31-13-30-12-19-7-15-4-5-16(19)6-15;1-3-13(2)25(27)31-22-11-17-10-20(22)24-18-8-16(23(17)24)9-19(18)26(28)30-12-29-21-7-14-4-5-15(21)6-14;;;;;;;;/h15-25H,4-14H2,1-3H3;14-24H,4-13H2,1-3H3;14-25H,3-13H2,1-2H3;13-24H,3-12H2,1-2H3;8*1H4. The molecule has 20 nitrogen and oxygen atoms in total. The fourth-order valence-corrected chi connectivity index (χ4v) is 36.9. The van der Waals surface area contributed by atoms with Gasteiger partial charge in [-0.2, -0.15) is 0 Å². The van der Waals surface area contributed by atoms with Gasteiger partial charge in [0.25, 0.3) is 0 Å². The van der Waals surface area contributed by atoms with Gasteiger partial charge in [-0.05, 0) is 447 Å². The summed E-state index contributed by atoms with van der Waals surface area (Å²) in [6.07, 6.45) is 42.8. The van der Waals surface area contributed by atoms with E-state index in [0.717, 1.165) is 175 Å². The second-order valence-electron chi connectivity index (χ2n) is 49.8. The molecule has 24 fully saturated rings. The van der Waals surface area contributed by atoms with Crippen LogP contribution in [0.1, 0.15) is 360 Å². The molecule has 46 atom stereocenters. The van der Waals surface area contributed by atoms with Gasteiger partial charge in [0.05, 0.1) is 71.8 Å². The number of rotatable bonds is 30. The molecule has 24 bridgehead atoms. The van der Waals surface area contributed by atoms with Crippen molar-refractivity contribution in [3.05, 3.63) is 0 Å². The van der Waals surface area contributed by atoms with Gasteiger partial charge in [-0.1, -0.05) is 114 Å². The molecule has 0 N–H and O–H groups in total. The van der Waals surface area contributed by atoms with Crippen molar-refractivity contribution in [1.29, 1.82) is 0 Å². The molecule has 24 rings (SSSR count). The molecule has 46 unspecified atom stereocenters. The molecule has 0 spiro atoms. The summed E-state index contributed by atoms with van der Waals surface area (Å²) in [4.78, 5) is 102. The first-order valence-electron chi connectivity index (χ1n) is 53.7. The maximum atomic E-state index is 13.0. The molecular weight excluding hydrogens is 1710 g/mol. The van der Waals surface area contributed by atoms with Crippen molar-refractivity contribution in [3.63, 3.8) is 0 Å². The number of hydrogen-bond donors (Lipinski definition) is 0. The first kappa shape index (κ1) is 109. The van der Waals surface area contributed by atoms with Crippen LogP contribution in [0.4, 0.5) is 0 Å². The summed E-state index contributed by atoms with van der Waals surface area (Å²) in [5.41, 5.74) is -0.832. The van der Waals surface area contributed by atoms with E-state index in [0.29, 0.717) is 154 Å². The van der Waals surface area contributed by atoms with E-state index in [2.05, 4.69) is 0 Å². The van der Waals surface area contributed by atoms with E-state index in [1.54, 1.807) is 0 Å². The molecule has 0 aromatic rings.